The third kappa shape index (κ3) is 3.82. The third-order valence-corrected chi connectivity index (χ3v) is 3.82. The van der Waals surface area contributed by atoms with Gasteiger partial charge in [-0.25, -0.2) is 0 Å². The topological polar surface area (TPSA) is 29.5 Å². The maximum atomic E-state index is 9.51. The lowest BCUT2D eigenvalue weighted by Crippen LogP contribution is -2.19. The van der Waals surface area contributed by atoms with Crippen molar-refractivity contribution in [3.63, 3.8) is 0 Å². The van der Waals surface area contributed by atoms with Crippen LogP contribution in [0, 0.1) is 12.8 Å². The Labute approximate surface area is 110 Å². The summed E-state index contributed by atoms with van der Waals surface area (Å²) in [6, 6.07) is 8.60. The summed E-state index contributed by atoms with van der Waals surface area (Å²) in [5.41, 5.74) is 2.60. The van der Waals surface area contributed by atoms with E-state index in [4.69, 9.17) is 4.74 Å². The quantitative estimate of drug-likeness (QED) is 0.867. The molecule has 3 atom stereocenters. The van der Waals surface area contributed by atoms with Crippen molar-refractivity contribution < 1.29 is 9.84 Å². The molecule has 1 saturated heterocycles. The lowest BCUT2D eigenvalue weighted by Gasteiger charge is -2.19. The van der Waals surface area contributed by atoms with E-state index in [0.29, 0.717) is 18.1 Å². The van der Waals surface area contributed by atoms with E-state index in [1.54, 1.807) is 0 Å². The highest BCUT2D eigenvalue weighted by molar-refractivity contribution is 5.21. The van der Waals surface area contributed by atoms with Crippen LogP contribution in [0.25, 0.3) is 0 Å². The summed E-state index contributed by atoms with van der Waals surface area (Å²) in [5.74, 6) is 0.322. The van der Waals surface area contributed by atoms with Gasteiger partial charge in [-0.1, -0.05) is 29.8 Å². The Bertz CT molecular complexity index is 358. The fourth-order valence-corrected chi connectivity index (χ4v) is 2.71. The van der Waals surface area contributed by atoms with Crippen LogP contribution in [0.4, 0.5) is 0 Å². The van der Waals surface area contributed by atoms with Crippen LogP contribution < -0.4 is 0 Å². The van der Waals surface area contributed by atoms with E-state index in [1.807, 2.05) is 0 Å². The summed E-state index contributed by atoms with van der Waals surface area (Å²) in [5, 5.41) is 9.51. The molecule has 1 heterocycles. The van der Waals surface area contributed by atoms with E-state index < -0.39 is 0 Å². The molecule has 3 unspecified atom stereocenters. The number of hydrogen-bond acceptors (Lipinski definition) is 2. The van der Waals surface area contributed by atoms with Gasteiger partial charge in [-0.3, -0.25) is 0 Å². The SMILES string of the molecule is Cc1ccc(CC(CO)CC2CCC(C)O2)cc1. The predicted octanol–water partition coefficient (Wildman–Crippen LogP) is 3.10. The van der Waals surface area contributed by atoms with Crippen molar-refractivity contribution in [2.24, 2.45) is 5.92 Å². The molecule has 1 aliphatic rings. The molecule has 100 valence electrons. The Morgan fingerprint density at radius 2 is 2.00 bits per heavy atom. The van der Waals surface area contributed by atoms with E-state index in [-0.39, 0.29) is 6.61 Å². The smallest absolute Gasteiger partial charge is 0.0583 e. The molecule has 18 heavy (non-hydrogen) atoms. The van der Waals surface area contributed by atoms with Crippen molar-refractivity contribution in [1.29, 1.82) is 0 Å². The second-order valence-corrected chi connectivity index (χ2v) is 5.62. The Balaban J connectivity index is 1.87. The van der Waals surface area contributed by atoms with Crippen molar-refractivity contribution in [2.75, 3.05) is 6.61 Å². The molecule has 1 aromatic carbocycles. The van der Waals surface area contributed by atoms with Gasteiger partial charge in [0.1, 0.15) is 0 Å². The van der Waals surface area contributed by atoms with Crippen LogP contribution >= 0.6 is 0 Å². The summed E-state index contributed by atoms with van der Waals surface area (Å²) >= 11 is 0. The highest BCUT2D eigenvalue weighted by Gasteiger charge is 2.24. The summed E-state index contributed by atoms with van der Waals surface area (Å²) in [4.78, 5) is 0. The van der Waals surface area contributed by atoms with Crippen molar-refractivity contribution in [2.45, 2.75) is 51.7 Å². The van der Waals surface area contributed by atoms with Gasteiger partial charge in [0, 0.05) is 6.61 Å². The van der Waals surface area contributed by atoms with Crippen molar-refractivity contribution in [1.82, 2.24) is 0 Å². The molecule has 0 radical (unpaired) electrons. The van der Waals surface area contributed by atoms with Crippen molar-refractivity contribution in [3.05, 3.63) is 35.4 Å². The number of aliphatic hydroxyl groups excluding tert-OH is 1. The second-order valence-electron chi connectivity index (χ2n) is 5.62. The summed E-state index contributed by atoms with van der Waals surface area (Å²) in [7, 11) is 0. The normalized spacial score (nSPS) is 25.3. The van der Waals surface area contributed by atoms with Gasteiger partial charge >= 0.3 is 0 Å². The van der Waals surface area contributed by atoms with Gasteiger partial charge in [-0.05, 0) is 51.0 Å². The van der Waals surface area contributed by atoms with Gasteiger partial charge in [0.15, 0.2) is 0 Å². The van der Waals surface area contributed by atoms with E-state index >= 15 is 0 Å². The first-order valence-corrected chi connectivity index (χ1v) is 6.99. The Morgan fingerprint density at radius 3 is 2.56 bits per heavy atom. The van der Waals surface area contributed by atoms with Crippen LogP contribution in [0.2, 0.25) is 0 Å². The molecule has 0 saturated carbocycles. The molecule has 1 aliphatic heterocycles. The number of ether oxygens (including phenoxy) is 1. The molecule has 2 rings (SSSR count). The molecule has 0 aliphatic carbocycles. The van der Waals surface area contributed by atoms with Gasteiger partial charge in [0.05, 0.1) is 12.2 Å². The first-order valence-electron chi connectivity index (χ1n) is 6.99. The molecule has 0 spiro atoms. The first-order chi connectivity index (χ1) is 8.67. The second kappa shape index (κ2) is 6.35. The third-order valence-electron chi connectivity index (χ3n) is 3.82. The molecule has 2 nitrogen and oxygen atoms in total. The zero-order chi connectivity index (χ0) is 13.0. The summed E-state index contributed by atoms with van der Waals surface area (Å²) in [6.45, 7) is 4.48. The number of aliphatic hydroxyl groups is 1. The van der Waals surface area contributed by atoms with Crippen LogP contribution in [-0.2, 0) is 11.2 Å². The predicted molar refractivity (Wildman–Crippen MR) is 73.6 cm³/mol. The Morgan fingerprint density at radius 1 is 1.28 bits per heavy atom. The number of hydrogen-bond donors (Lipinski definition) is 1. The zero-order valence-electron chi connectivity index (χ0n) is 11.4. The maximum absolute atomic E-state index is 9.51. The van der Waals surface area contributed by atoms with Gasteiger partial charge in [-0.2, -0.15) is 0 Å². The fourth-order valence-electron chi connectivity index (χ4n) is 2.71. The van der Waals surface area contributed by atoms with Crippen LogP contribution in [0.15, 0.2) is 24.3 Å². The minimum atomic E-state index is 0.252. The maximum Gasteiger partial charge on any atom is 0.0583 e. The molecule has 2 heteroatoms. The molecular formula is C16H24O2. The summed E-state index contributed by atoms with van der Waals surface area (Å²) < 4.78 is 5.84. The summed E-state index contributed by atoms with van der Waals surface area (Å²) in [6.07, 6.45) is 4.98. The largest absolute Gasteiger partial charge is 0.396 e. The first kappa shape index (κ1) is 13.6. The van der Waals surface area contributed by atoms with E-state index in [1.165, 1.54) is 11.1 Å². The Kier molecular flexibility index (Phi) is 4.79. The van der Waals surface area contributed by atoms with Gasteiger partial charge < -0.3 is 9.84 Å². The minimum Gasteiger partial charge on any atom is -0.396 e. The lowest BCUT2D eigenvalue weighted by atomic mass is 9.93. The highest BCUT2D eigenvalue weighted by Crippen LogP contribution is 2.26. The minimum absolute atomic E-state index is 0.252. The standard InChI is InChI=1S/C16H24O2/c1-12-3-6-14(7-4-12)9-15(11-17)10-16-8-5-13(2)18-16/h3-4,6-7,13,15-17H,5,8-11H2,1-2H3. The number of aryl methyl sites for hydroxylation is 1. The molecule has 0 amide bonds. The zero-order valence-corrected chi connectivity index (χ0v) is 11.4. The van der Waals surface area contributed by atoms with E-state index in [9.17, 15) is 5.11 Å². The lowest BCUT2D eigenvalue weighted by molar-refractivity contribution is 0.0338. The fraction of sp³-hybridized carbons (Fsp3) is 0.625. The van der Waals surface area contributed by atoms with Crippen LogP contribution in [0.3, 0.4) is 0 Å². The molecule has 1 aromatic rings. The average Bonchev–Trinajstić information content (AvgIpc) is 2.77. The molecule has 0 bridgehead atoms. The average molecular weight is 248 g/mol. The van der Waals surface area contributed by atoms with Crippen molar-refractivity contribution >= 4 is 0 Å². The highest BCUT2D eigenvalue weighted by atomic mass is 16.5. The van der Waals surface area contributed by atoms with E-state index in [0.717, 1.165) is 25.7 Å². The number of rotatable bonds is 5. The van der Waals surface area contributed by atoms with Crippen LogP contribution in [0.5, 0.6) is 0 Å². The molecular weight excluding hydrogens is 224 g/mol. The van der Waals surface area contributed by atoms with Crippen LogP contribution in [-0.4, -0.2) is 23.9 Å². The number of benzene rings is 1. The van der Waals surface area contributed by atoms with E-state index in [2.05, 4.69) is 38.1 Å². The molecule has 0 aromatic heterocycles. The monoisotopic (exact) mass is 248 g/mol. The van der Waals surface area contributed by atoms with Gasteiger partial charge in [0.25, 0.3) is 0 Å². The van der Waals surface area contributed by atoms with Crippen LogP contribution in [0.1, 0.15) is 37.3 Å². The van der Waals surface area contributed by atoms with Gasteiger partial charge in [-0.15, -0.1) is 0 Å². The molecule has 1 N–H and O–H groups in total. The van der Waals surface area contributed by atoms with Gasteiger partial charge in [0.2, 0.25) is 0 Å². The Hall–Kier alpha value is -0.860. The van der Waals surface area contributed by atoms with Crippen molar-refractivity contribution in [3.8, 4) is 0 Å². The molecule has 1 fully saturated rings.